The molecule has 31 heavy (non-hydrogen) atoms. The van der Waals surface area contributed by atoms with Crippen LogP contribution >= 0.6 is 15.9 Å². The van der Waals surface area contributed by atoms with Gasteiger partial charge in [0.25, 0.3) is 0 Å². The molecule has 1 saturated carbocycles. The van der Waals surface area contributed by atoms with E-state index in [1.54, 1.807) is 5.70 Å². The molecular weight excluding hydrogens is 446 g/mol. The first-order chi connectivity index (χ1) is 15.3. The Morgan fingerprint density at radius 2 is 1.84 bits per heavy atom. The third-order valence-electron chi connectivity index (χ3n) is 7.31. The summed E-state index contributed by atoms with van der Waals surface area (Å²) < 4.78 is 1.12. The Labute approximate surface area is 190 Å². The van der Waals surface area contributed by atoms with Crippen molar-refractivity contribution in [3.05, 3.63) is 107 Å². The number of nitrogens with zero attached hydrogens (tertiary/aromatic N) is 3. The number of aromatic nitrogens is 1. The van der Waals surface area contributed by atoms with Crippen molar-refractivity contribution in [1.29, 1.82) is 0 Å². The van der Waals surface area contributed by atoms with Crippen LogP contribution < -0.4 is 4.90 Å². The number of rotatable bonds is 3. The lowest BCUT2D eigenvalue weighted by molar-refractivity contribution is 0.259. The number of fused-ring (bicyclic) bond motifs is 4. The van der Waals surface area contributed by atoms with Crippen LogP contribution in [0.15, 0.2) is 101 Å². The van der Waals surface area contributed by atoms with Crippen LogP contribution in [-0.4, -0.2) is 16.0 Å². The van der Waals surface area contributed by atoms with E-state index in [1.807, 2.05) is 18.5 Å². The number of allylic oxidation sites excluding steroid dienone is 3. The zero-order chi connectivity index (χ0) is 20.5. The lowest BCUT2D eigenvalue weighted by atomic mass is 9.68. The SMILES string of the molecule is Brc1cc(-c2cccnc2)cc(C2C3N(c4ccccc4)C4=C(C=CC5CCC45)N23)c1. The Hall–Kier alpha value is -2.85. The van der Waals surface area contributed by atoms with Crippen LogP contribution in [0.25, 0.3) is 11.1 Å². The second-order valence-electron chi connectivity index (χ2n) is 8.96. The molecule has 4 atom stereocenters. The van der Waals surface area contributed by atoms with E-state index in [9.17, 15) is 0 Å². The number of para-hydroxylation sites is 1. The first-order valence-electron chi connectivity index (χ1n) is 11.1. The van der Waals surface area contributed by atoms with Gasteiger partial charge in [0.1, 0.15) is 6.17 Å². The van der Waals surface area contributed by atoms with Crippen LogP contribution in [0.5, 0.6) is 0 Å². The molecule has 2 aliphatic heterocycles. The molecule has 3 heterocycles. The maximum atomic E-state index is 4.32. The Bertz CT molecular complexity index is 1230. The summed E-state index contributed by atoms with van der Waals surface area (Å²) in [4.78, 5) is 9.56. The van der Waals surface area contributed by atoms with Gasteiger partial charge in [0.2, 0.25) is 0 Å². The van der Waals surface area contributed by atoms with Gasteiger partial charge in [0.05, 0.1) is 11.7 Å². The predicted molar refractivity (Wildman–Crippen MR) is 127 cm³/mol. The van der Waals surface area contributed by atoms with Gasteiger partial charge in [0.15, 0.2) is 0 Å². The van der Waals surface area contributed by atoms with Gasteiger partial charge in [-0.05, 0) is 72.4 Å². The molecule has 0 radical (unpaired) electrons. The first kappa shape index (κ1) is 17.8. The fourth-order valence-corrected chi connectivity index (χ4v) is 6.23. The number of anilines is 1. The van der Waals surface area contributed by atoms with Gasteiger partial charge in [-0.1, -0.05) is 46.3 Å². The van der Waals surface area contributed by atoms with E-state index in [0.29, 0.717) is 18.1 Å². The lowest BCUT2D eigenvalue weighted by Crippen LogP contribution is -2.37. The van der Waals surface area contributed by atoms with Crippen LogP contribution in [0.4, 0.5) is 5.69 Å². The monoisotopic (exact) mass is 467 g/mol. The fourth-order valence-electron chi connectivity index (χ4n) is 5.72. The maximum absolute atomic E-state index is 4.32. The van der Waals surface area contributed by atoms with Gasteiger partial charge < -0.3 is 9.80 Å². The molecule has 0 N–H and O–H groups in total. The standard InChI is InChI=1S/C27H22BrN3/c28-21-14-19(18-5-4-12-29-16-18)13-20(15-21)25-27-30(22-6-2-1-3-7-22)26-23-10-8-17(23)9-11-24(26)31(25)27/h1-7,9,11-17,23,25,27H,8,10H2. The summed E-state index contributed by atoms with van der Waals surface area (Å²) in [5.41, 5.74) is 8.02. The molecule has 3 aromatic rings. The van der Waals surface area contributed by atoms with Crippen molar-refractivity contribution in [3.8, 4) is 11.1 Å². The minimum absolute atomic E-state index is 0.368. The van der Waals surface area contributed by atoms with Crippen molar-refractivity contribution >= 4 is 21.6 Å². The maximum Gasteiger partial charge on any atom is 0.132 e. The second kappa shape index (κ2) is 6.57. The molecule has 4 heteroatoms. The summed E-state index contributed by atoms with van der Waals surface area (Å²) in [6, 6.07) is 22.3. The summed E-state index contributed by atoms with van der Waals surface area (Å²) >= 11 is 3.76. The highest BCUT2D eigenvalue weighted by atomic mass is 79.9. The zero-order valence-corrected chi connectivity index (χ0v) is 18.6. The van der Waals surface area contributed by atoms with Gasteiger partial charge in [-0.3, -0.25) is 4.98 Å². The Kier molecular flexibility index (Phi) is 3.77. The van der Waals surface area contributed by atoms with E-state index in [4.69, 9.17) is 0 Å². The smallest absolute Gasteiger partial charge is 0.132 e. The third kappa shape index (κ3) is 2.61. The van der Waals surface area contributed by atoms with Crippen LogP contribution in [0.3, 0.4) is 0 Å². The van der Waals surface area contributed by atoms with Crippen molar-refractivity contribution in [3.63, 3.8) is 0 Å². The first-order valence-corrected chi connectivity index (χ1v) is 11.8. The number of benzene rings is 2. The van der Waals surface area contributed by atoms with Gasteiger partial charge in [0, 0.05) is 39.7 Å². The number of halogens is 1. The lowest BCUT2D eigenvalue weighted by Gasteiger charge is -2.42. The molecule has 2 fully saturated rings. The summed E-state index contributed by atoms with van der Waals surface area (Å²) in [7, 11) is 0. The van der Waals surface area contributed by atoms with E-state index in [-0.39, 0.29) is 0 Å². The largest absolute Gasteiger partial charge is 0.336 e. The fraction of sp³-hybridized carbons (Fsp3) is 0.222. The molecule has 1 aromatic heterocycles. The quantitative estimate of drug-likeness (QED) is 0.408. The van der Waals surface area contributed by atoms with E-state index in [2.05, 4.69) is 97.5 Å². The summed E-state index contributed by atoms with van der Waals surface area (Å²) in [6.45, 7) is 0. The normalized spacial score (nSPS) is 27.5. The number of hydrogen-bond acceptors (Lipinski definition) is 3. The molecule has 7 rings (SSSR count). The zero-order valence-electron chi connectivity index (χ0n) is 17.0. The Balaban J connectivity index is 1.32. The molecule has 4 unspecified atom stereocenters. The van der Waals surface area contributed by atoms with E-state index < -0.39 is 0 Å². The topological polar surface area (TPSA) is 19.1 Å². The third-order valence-corrected chi connectivity index (χ3v) is 7.77. The van der Waals surface area contributed by atoms with Crippen LogP contribution in [0.1, 0.15) is 24.4 Å². The molecule has 2 aliphatic carbocycles. The van der Waals surface area contributed by atoms with Crippen molar-refractivity contribution in [2.24, 2.45) is 11.8 Å². The summed E-state index contributed by atoms with van der Waals surface area (Å²) in [6.07, 6.45) is 11.6. The molecule has 1 saturated heterocycles. The Morgan fingerprint density at radius 3 is 2.61 bits per heavy atom. The van der Waals surface area contributed by atoms with Gasteiger partial charge in [-0.25, -0.2) is 0 Å². The molecule has 4 aliphatic rings. The van der Waals surface area contributed by atoms with Crippen molar-refractivity contribution in [2.45, 2.75) is 25.0 Å². The van der Waals surface area contributed by atoms with E-state index >= 15 is 0 Å². The Morgan fingerprint density at radius 1 is 0.935 bits per heavy atom. The second-order valence-corrected chi connectivity index (χ2v) is 9.88. The molecule has 2 aromatic carbocycles. The molecule has 0 spiro atoms. The highest BCUT2D eigenvalue weighted by Gasteiger charge is 2.61. The van der Waals surface area contributed by atoms with Crippen LogP contribution in [0, 0.1) is 11.8 Å². The van der Waals surface area contributed by atoms with Gasteiger partial charge in [-0.15, -0.1) is 0 Å². The number of pyridine rings is 1. The minimum atomic E-state index is 0.368. The summed E-state index contributed by atoms with van der Waals surface area (Å²) in [5, 5.41) is 0. The molecule has 0 amide bonds. The highest BCUT2D eigenvalue weighted by molar-refractivity contribution is 9.10. The van der Waals surface area contributed by atoms with E-state index in [1.165, 1.54) is 35.4 Å². The average Bonchev–Trinajstić information content (AvgIpc) is 3.42. The predicted octanol–water partition coefficient (Wildman–Crippen LogP) is 6.52. The molecule has 3 nitrogen and oxygen atoms in total. The van der Waals surface area contributed by atoms with Gasteiger partial charge >= 0.3 is 0 Å². The van der Waals surface area contributed by atoms with Crippen molar-refractivity contribution < 1.29 is 0 Å². The van der Waals surface area contributed by atoms with Crippen LogP contribution in [-0.2, 0) is 0 Å². The van der Waals surface area contributed by atoms with E-state index in [0.717, 1.165) is 16.0 Å². The van der Waals surface area contributed by atoms with Crippen molar-refractivity contribution in [2.75, 3.05) is 4.90 Å². The highest BCUT2D eigenvalue weighted by Crippen LogP contribution is 2.62. The minimum Gasteiger partial charge on any atom is -0.336 e. The van der Waals surface area contributed by atoms with Crippen molar-refractivity contribution in [1.82, 2.24) is 9.88 Å². The molecule has 0 bridgehead atoms. The van der Waals surface area contributed by atoms with Gasteiger partial charge in [-0.2, -0.15) is 0 Å². The number of hydrogen-bond donors (Lipinski definition) is 0. The average molecular weight is 468 g/mol. The van der Waals surface area contributed by atoms with Crippen LogP contribution in [0.2, 0.25) is 0 Å². The summed E-state index contributed by atoms with van der Waals surface area (Å²) in [5.74, 6) is 1.41. The molecule has 152 valence electrons. The molecular formula is C27H22BrN3.